The molecule has 1 N–H and O–H groups in total. The molecule has 0 radical (unpaired) electrons. The molecule has 2 amide bonds. The third-order valence-electron chi connectivity index (χ3n) is 4.52. The van der Waals surface area contributed by atoms with E-state index in [2.05, 4.69) is 12.2 Å². The molecule has 1 aliphatic heterocycles. The Balaban J connectivity index is 1.55. The summed E-state index contributed by atoms with van der Waals surface area (Å²) in [7, 11) is 0. The first-order chi connectivity index (χ1) is 14.0. The molecular weight excluding hydrogens is 424 g/mol. The van der Waals surface area contributed by atoms with Gasteiger partial charge in [-0.05, 0) is 42.2 Å². The second-order valence-electron chi connectivity index (χ2n) is 6.52. The van der Waals surface area contributed by atoms with E-state index < -0.39 is 0 Å². The molecule has 0 spiro atoms. The van der Waals surface area contributed by atoms with Crippen molar-refractivity contribution >= 4 is 63.5 Å². The molecule has 0 atom stereocenters. The molecule has 1 saturated heterocycles. The molecular formula is C22H21ClN2O2S2. The van der Waals surface area contributed by atoms with Crippen molar-refractivity contribution in [2.24, 2.45) is 0 Å². The maximum Gasteiger partial charge on any atom is 0.266 e. The number of halogens is 1. The highest BCUT2D eigenvalue weighted by atomic mass is 35.5. The maximum absolute atomic E-state index is 12.7. The van der Waals surface area contributed by atoms with Crippen LogP contribution in [0.4, 0.5) is 5.69 Å². The number of thiocarbonyl (C=S) groups is 1. The van der Waals surface area contributed by atoms with Gasteiger partial charge in [-0.15, -0.1) is 0 Å². The average molecular weight is 445 g/mol. The monoisotopic (exact) mass is 444 g/mol. The Bertz CT molecular complexity index is 975. The van der Waals surface area contributed by atoms with Crippen LogP contribution in [0.15, 0.2) is 53.4 Å². The van der Waals surface area contributed by atoms with Gasteiger partial charge in [0.1, 0.15) is 4.32 Å². The number of hydrogen-bond donors (Lipinski definition) is 1. The number of para-hydroxylation sites is 1. The van der Waals surface area contributed by atoms with Gasteiger partial charge in [-0.25, -0.2) is 0 Å². The highest BCUT2D eigenvalue weighted by Crippen LogP contribution is 2.33. The van der Waals surface area contributed by atoms with Crippen LogP contribution in [0.5, 0.6) is 0 Å². The fourth-order valence-electron chi connectivity index (χ4n) is 2.99. The van der Waals surface area contributed by atoms with Crippen molar-refractivity contribution in [2.45, 2.75) is 26.2 Å². The van der Waals surface area contributed by atoms with E-state index >= 15 is 0 Å². The van der Waals surface area contributed by atoms with Crippen LogP contribution in [0.1, 0.15) is 30.9 Å². The Morgan fingerprint density at radius 3 is 2.69 bits per heavy atom. The van der Waals surface area contributed by atoms with E-state index in [4.69, 9.17) is 23.8 Å². The first-order valence-electron chi connectivity index (χ1n) is 9.37. The Morgan fingerprint density at radius 2 is 1.93 bits per heavy atom. The Kier molecular flexibility index (Phi) is 7.47. The molecule has 0 saturated carbocycles. The number of nitrogens with zero attached hydrogens (tertiary/aromatic N) is 1. The van der Waals surface area contributed by atoms with Gasteiger partial charge in [-0.3, -0.25) is 14.5 Å². The van der Waals surface area contributed by atoms with Crippen molar-refractivity contribution in [1.82, 2.24) is 4.90 Å². The zero-order valence-electron chi connectivity index (χ0n) is 16.0. The van der Waals surface area contributed by atoms with Crippen molar-refractivity contribution < 1.29 is 9.59 Å². The van der Waals surface area contributed by atoms with Crippen LogP contribution in [-0.2, 0) is 16.0 Å². The minimum Gasteiger partial charge on any atom is -0.326 e. The second kappa shape index (κ2) is 10.1. The number of thioether (sulfide) groups is 1. The SMILES string of the molecule is CCc1ccccc1NC(=O)CCCN1C(=O)/C(=C\c2ccccc2Cl)SC1=S. The Morgan fingerprint density at radius 1 is 1.21 bits per heavy atom. The minimum absolute atomic E-state index is 0.0667. The molecule has 2 aromatic rings. The number of aryl methyl sites for hydroxylation is 1. The van der Waals surface area contributed by atoms with Crippen LogP contribution in [0.3, 0.4) is 0 Å². The summed E-state index contributed by atoms with van der Waals surface area (Å²) >= 11 is 12.8. The molecule has 7 heteroatoms. The molecule has 1 fully saturated rings. The smallest absolute Gasteiger partial charge is 0.266 e. The molecule has 150 valence electrons. The number of amides is 2. The fourth-order valence-corrected chi connectivity index (χ4v) is 4.48. The summed E-state index contributed by atoms with van der Waals surface area (Å²) in [6, 6.07) is 15.1. The average Bonchev–Trinajstić information content (AvgIpc) is 2.97. The van der Waals surface area contributed by atoms with Crippen molar-refractivity contribution in [3.63, 3.8) is 0 Å². The molecule has 29 heavy (non-hydrogen) atoms. The van der Waals surface area contributed by atoms with Crippen molar-refractivity contribution in [3.8, 4) is 0 Å². The first-order valence-corrected chi connectivity index (χ1v) is 11.0. The lowest BCUT2D eigenvalue weighted by molar-refractivity contribution is -0.122. The molecule has 3 rings (SSSR count). The number of benzene rings is 2. The zero-order chi connectivity index (χ0) is 20.8. The number of anilines is 1. The number of nitrogens with one attached hydrogen (secondary N) is 1. The lowest BCUT2D eigenvalue weighted by Gasteiger charge is -2.14. The summed E-state index contributed by atoms with van der Waals surface area (Å²) in [6.45, 7) is 2.46. The van der Waals surface area contributed by atoms with Gasteiger partial charge in [0.05, 0.1) is 4.91 Å². The lowest BCUT2D eigenvalue weighted by Crippen LogP contribution is -2.29. The molecule has 4 nitrogen and oxygen atoms in total. The van der Waals surface area contributed by atoms with E-state index in [0.717, 1.165) is 23.2 Å². The lowest BCUT2D eigenvalue weighted by atomic mass is 10.1. The minimum atomic E-state index is -0.142. The predicted molar refractivity (Wildman–Crippen MR) is 125 cm³/mol. The molecule has 0 aliphatic carbocycles. The summed E-state index contributed by atoms with van der Waals surface area (Å²) in [5, 5.41) is 3.54. The maximum atomic E-state index is 12.7. The molecule has 0 aromatic heterocycles. The second-order valence-corrected chi connectivity index (χ2v) is 8.60. The van der Waals surface area contributed by atoms with E-state index in [1.807, 2.05) is 42.5 Å². The zero-order valence-corrected chi connectivity index (χ0v) is 18.4. The number of carbonyl (C=O) groups excluding carboxylic acids is 2. The van der Waals surface area contributed by atoms with Crippen LogP contribution in [0.2, 0.25) is 5.02 Å². The van der Waals surface area contributed by atoms with E-state index in [1.54, 1.807) is 17.0 Å². The van der Waals surface area contributed by atoms with Crippen molar-refractivity contribution in [3.05, 3.63) is 69.6 Å². The number of hydrogen-bond acceptors (Lipinski definition) is 4. The predicted octanol–water partition coefficient (Wildman–Crippen LogP) is 5.52. The van der Waals surface area contributed by atoms with E-state index in [1.165, 1.54) is 11.8 Å². The largest absolute Gasteiger partial charge is 0.326 e. The summed E-state index contributed by atoms with van der Waals surface area (Å²) in [6.07, 6.45) is 3.46. The van der Waals surface area contributed by atoms with E-state index in [-0.39, 0.29) is 11.8 Å². The van der Waals surface area contributed by atoms with E-state index in [9.17, 15) is 9.59 Å². The Labute approximate surface area is 185 Å². The summed E-state index contributed by atoms with van der Waals surface area (Å²) in [5.74, 6) is -0.209. The van der Waals surface area contributed by atoms with Gasteiger partial charge in [0, 0.05) is 23.7 Å². The van der Waals surface area contributed by atoms with Gasteiger partial charge in [0.25, 0.3) is 5.91 Å². The molecule has 0 unspecified atom stereocenters. The number of carbonyl (C=O) groups is 2. The van der Waals surface area contributed by atoms with Gasteiger partial charge < -0.3 is 5.32 Å². The van der Waals surface area contributed by atoms with Crippen molar-refractivity contribution in [2.75, 3.05) is 11.9 Å². The van der Waals surface area contributed by atoms with Crippen LogP contribution in [0.25, 0.3) is 6.08 Å². The fraction of sp³-hybridized carbons (Fsp3) is 0.227. The number of rotatable bonds is 7. The van der Waals surface area contributed by atoms with Gasteiger partial charge in [-0.1, -0.05) is 78.9 Å². The highest BCUT2D eigenvalue weighted by Gasteiger charge is 2.31. The highest BCUT2D eigenvalue weighted by molar-refractivity contribution is 8.26. The summed E-state index contributed by atoms with van der Waals surface area (Å²) in [4.78, 5) is 27.1. The van der Waals surface area contributed by atoms with Gasteiger partial charge >= 0.3 is 0 Å². The van der Waals surface area contributed by atoms with Crippen LogP contribution in [-0.4, -0.2) is 27.6 Å². The third-order valence-corrected chi connectivity index (χ3v) is 6.25. The van der Waals surface area contributed by atoms with Gasteiger partial charge in [0.2, 0.25) is 5.91 Å². The van der Waals surface area contributed by atoms with Crippen molar-refractivity contribution in [1.29, 1.82) is 0 Å². The topological polar surface area (TPSA) is 49.4 Å². The van der Waals surface area contributed by atoms with Crippen LogP contribution < -0.4 is 5.32 Å². The van der Waals surface area contributed by atoms with Crippen LogP contribution in [0, 0.1) is 0 Å². The molecule has 2 aromatic carbocycles. The quantitative estimate of drug-likeness (QED) is 0.451. The standard InChI is InChI=1S/C22H21ClN2O2S2/c1-2-15-8-4-6-11-18(15)24-20(26)12-7-13-25-21(27)19(29-22(25)28)14-16-9-3-5-10-17(16)23/h3-6,8-11,14H,2,7,12-13H2,1H3,(H,24,26)/b19-14+. The summed E-state index contributed by atoms with van der Waals surface area (Å²) < 4.78 is 0.505. The first kappa shape index (κ1) is 21.6. The molecule has 0 bridgehead atoms. The van der Waals surface area contributed by atoms with Gasteiger partial charge in [-0.2, -0.15) is 0 Å². The van der Waals surface area contributed by atoms with E-state index in [0.29, 0.717) is 33.6 Å². The third kappa shape index (κ3) is 5.47. The summed E-state index contributed by atoms with van der Waals surface area (Å²) in [5.41, 5.74) is 2.72. The Hall–Kier alpha value is -2.15. The van der Waals surface area contributed by atoms with Gasteiger partial charge in [0.15, 0.2) is 0 Å². The molecule has 1 heterocycles. The molecule has 1 aliphatic rings. The normalized spacial score (nSPS) is 15.2. The van der Waals surface area contributed by atoms with Crippen LogP contribution >= 0.6 is 35.6 Å².